The van der Waals surface area contributed by atoms with Crippen LogP contribution in [0, 0.1) is 5.92 Å². The van der Waals surface area contributed by atoms with Gasteiger partial charge in [0.1, 0.15) is 5.82 Å². The number of rotatable bonds is 3. The highest BCUT2D eigenvalue weighted by Gasteiger charge is 2.37. The summed E-state index contributed by atoms with van der Waals surface area (Å²) in [5, 5.41) is 0. The zero-order valence-corrected chi connectivity index (χ0v) is 16.1. The molecule has 5 nitrogen and oxygen atoms in total. The third kappa shape index (κ3) is 3.52. The van der Waals surface area contributed by atoms with Gasteiger partial charge in [0.25, 0.3) is 5.91 Å². The van der Waals surface area contributed by atoms with Crippen molar-refractivity contribution < 1.29 is 9.53 Å². The van der Waals surface area contributed by atoms with Crippen LogP contribution in [0.15, 0.2) is 36.4 Å². The molecule has 26 heavy (non-hydrogen) atoms. The summed E-state index contributed by atoms with van der Waals surface area (Å²) in [6.45, 7) is 11.0. The zero-order chi connectivity index (χ0) is 19.1. The van der Waals surface area contributed by atoms with E-state index in [0.29, 0.717) is 23.9 Å². The minimum Gasteiger partial charge on any atom is -0.476 e. The molecule has 2 heterocycles. The molecule has 3 rings (SSSR count). The molecule has 1 aliphatic rings. The average Bonchev–Trinajstić information content (AvgIpc) is 2.57. The summed E-state index contributed by atoms with van der Waals surface area (Å²) in [5.41, 5.74) is 8.24. The lowest BCUT2D eigenvalue weighted by Crippen LogP contribution is -2.48. The van der Waals surface area contributed by atoms with Gasteiger partial charge in [0.05, 0.1) is 6.54 Å². The molecule has 0 spiro atoms. The Kier molecular flexibility index (Phi) is 4.65. The van der Waals surface area contributed by atoms with E-state index >= 15 is 0 Å². The molecule has 1 aliphatic heterocycles. The van der Waals surface area contributed by atoms with E-state index < -0.39 is 6.10 Å². The van der Waals surface area contributed by atoms with Crippen LogP contribution in [-0.2, 0) is 16.8 Å². The van der Waals surface area contributed by atoms with Crippen molar-refractivity contribution in [1.82, 2.24) is 4.98 Å². The maximum atomic E-state index is 13.0. The molecule has 0 bridgehead atoms. The first-order valence-corrected chi connectivity index (χ1v) is 9.01. The molecular formula is C21H27N3O2. The van der Waals surface area contributed by atoms with Crippen LogP contribution >= 0.6 is 0 Å². The standard InChI is InChI=1S/C21H27N3O2/c1-13(2)18-20(25)24(19-16(26-18)10-11-17(22)23-19)12-14-6-8-15(9-7-14)21(3,4)5/h6-11,13,18H,12H2,1-5H3,(H2,22,23). The first kappa shape index (κ1) is 18.2. The minimum absolute atomic E-state index is 0.0685. The number of aromatic nitrogens is 1. The van der Waals surface area contributed by atoms with Gasteiger partial charge in [0.2, 0.25) is 0 Å². The van der Waals surface area contributed by atoms with Crippen LogP contribution < -0.4 is 15.4 Å². The van der Waals surface area contributed by atoms with Crippen molar-refractivity contribution in [2.75, 3.05) is 10.6 Å². The summed E-state index contributed by atoms with van der Waals surface area (Å²) in [4.78, 5) is 19.0. The number of pyridine rings is 1. The highest BCUT2D eigenvalue weighted by atomic mass is 16.5. The molecule has 5 heteroatoms. The van der Waals surface area contributed by atoms with Crippen LogP contribution in [0.5, 0.6) is 5.75 Å². The van der Waals surface area contributed by atoms with Gasteiger partial charge in [-0.1, -0.05) is 58.9 Å². The summed E-state index contributed by atoms with van der Waals surface area (Å²) < 4.78 is 5.88. The summed E-state index contributed by atoms with van der Waals surface area (Å²) in [7, 11) is 0. The van der Waals surface area contributed by atoms with E-state index in [1.54, 1.807) is 17.0 Å². The zero-order valence-electron chi connectivity index (χ0n) is 16.1. The van der Waals surface area contributed by atoms with Gasteiger partial charge in [0, 0.05) is 0 Å². The fourth-order valence-corrected chi connectivity index (χ4v) is 3.05. The van der Waals surface area contributed by atoms with Crippen molar-refractivity contribution in [2.45, 2.75) is 52.7 Å². The second kappa shape index (κ2) is 6.63. The molecule has 0 saturated heterocycles. The number of carbonyl (C=O) groups excluding carboxylic acids is 1. The number of anilines is 2. The number of nitrogens with two attached hydrogens (primary N) is 1. The summed E-state index contributed by atoms with van der Waals surface area (Å²) >= 11 is 0. The summed E-state index contributed by atoms with van der Waals surface area (Å²) in [5.74, 6) is 1.45. The molecule has 2 aromatic rings. The maximum absolute atomic E-state index is 13.0. The Bertz CT molecular complexity index is 807. The second-order valence-corrected chi connectivity index (χ2v) is 8.21. The van der Waals surface area contributed by atoms with Gasteiger partial charge in [-0.15, -0.1) is 0 Å². The SMILES string of the molecule is CC(C)C1Oc2ccc(N)nc2N(Cc2ccc(C(C)(C)C)cc2)C1=O. The van der Waals surface area contributed by atoms with Gasteiger partial charge in [-0.2, -0.15) is 0 Å². The first-order chi connectivity index (χ1) is 12.2. The van der Waals surface area contributed by atoms with E-state index in [0.717, 1.165) is 5.56 Å². The van der Waals surface area contributed by atoms with Crippen molar-refractivity contribution >= 4 is 17.5 Å². The lowest BCUT2D eigenvalue weighted by molar-refractivity contribution is -0.128. The van der Waals surface area contributed by atoms with Gasteiger partial charge < -0.3 is 10.5 Å². The van der Waals surface area contributed by atoms with Gasteiger partial charge in [-0.05, 0) is 34.6 Å². The number of fused-ring (bicyclic) bond motifs is 1. The highest BCUT2D eigenvalue weighted by Crippen LogP contribution is 2.35. The van der Waals surface area contributed by atoms with Crippen LogP contribution in [0.2, 0.25) is 0 Å². The van der Waals surface area contributed by atoms with Crippen LogP contribution in [0.4, 0.5) is 11.6 Å². The van der Waals surface area contributed by atoms with Crippen LogP contribution in [-0.4, -0.2) is 17.0 Å². The number of hydrogen-bond acceptors (Lipinski definition) is 4. The van der Waals surface area contributed by atoms with Crippen LogP contribution in [0.25, 0.3) is 0 Å². The minimum atomic E-state index is -0.512. The predicted octanol–water partition coefficient (Wildman–Crippen LogP) is 3.91. The molecule has 1 unspecified atom stereocenters. The van der Waals surface area contributed by atoms with Crippen molar-refractivity contribution in [3.05, 3.63) is 47.5 Å². The third-order valence-electron chi connectivity index (χ3n) is 4.65. The molecule has 0 aliphatic carbocycles. The third-order valence-corrected chi connectivity index (χ3v) is 4.65. The Labute approximate surface area is 155 Å². The maximum Gasteiger partial charge on any atom is 0.269 e. The summed E-state index contributed by atoms with van der Waals surface area (Å²) in [6, 6.07) is 11.9. The van der Waals surface area contributed by atoms with Crippen molar-refractivity contribution in [1.29, 1.82) is 0 Å². The number of hydrogen-bond donors (Lipinski definition) is 1. The Balaban J connectivity index is 1.94. The fraction of sp³-hybridized carbons (Fsp3) is 0.429. The molecular weight excluding hydrogens is 326 g/mol. The van der Waals surface area contributed by atoms with E-state index in [4.69, 9.17) is 10.5 Å². The molecule has 1 amide bonds. The van der Waals surface area contributed by atoms with Crippen LogP contribution in [0.1, 0.15) is 45.7 Å². The van der Waals surface area contributed by atoms with Gasteiger partial charge >= 0.3 is 0 Å². The average molecular weight is 353 g/mol. The van der Waals surface area contributed by atoms with E-state index in [9.17, 15) is 4.79 Å². The number of amides is 1. The summed E-state index contributed by atoms with van der Waals surface area (Å²) in [6.07, 6.45) is -0.512. The predicted molar refractivity (Wildman–Crippen MR) is 104 cm³/mol. The van der Waals surface area contributed by atoms with E-state index in [1.807, 2.05) is 13.8 Å². The Hall–Kier alpha value is -2.56. The van der Waals surface area contributed by atoms with E-state index in [2.05, 4.69) is 50.0 Å². The Morgan fingerprint density at radius 3 is 2.38 bits per heavy atom. The topological polar surface area (TPSA) is 68.5 Å². The van der Waals surface area contributed by atoms with Crippen molar-refractivity contribution in [3.8, 4) is 5.75 Å². The number of nitrogen functional groups attached to an aromatic ring is 1. The number of carbonyl (C=O) groups is 1. The van der Waals surface area contributed by atoms with Gasteiger partial charge in [0.15, 0.2) is 17.7 Å². The normalized spacial score (nSPS) is 17.2. The quantitative estimate of drug-likeness (QED) is 0.908. The first-order valence-electron chi connectivity index (χ1n) is 9.01. The van der Waals surface area contributed by atoms with E-state index in [1.165, 1.54) is 5.56 Å². The van der Waals surface area contributed by atoms with Gasteiger partial charge in [-0.3, -0.25) is 9.69 Å². The second-order valence-electron chi connectivity index (χ2n) is 8.21. The number of nitrogens with zero attached hydrogens (tertiary/aromatic N) is 2. The Morgan fingerprint density at radius 1 is 1.15 bits per heavy atom. The number of ether oxygens (including phenoxy) is 1. The molecule has 1 aromatic heterocycles. The fourth-order valence-electron chi connectivity index (χ4n) is 3.05. The monoisotopic (exact) mass is 353 g/mol. The smallest absolute Gasteiger partial charge is 0.269 e. The molecule has 0 fully saturated rings. The van der Waals surface area contributed by atoms with Crippen LogP contribution in [0.3, 0.4) is 0 Å². The highest BCUT2D eigenvalue weighted by molar-refractivity contribution is 5.99. The molecule has 0 radical (unpaired) electrons. The molecule has 1 aromatic carbocycles. The largest absolute Gasteiger partial charge is 0.476 e. The lowest BCUT2D eigenvalue weighted by Gasteiger charge is -2.35. The Morgan fingerprint density at radius 2 is 1.81 bits per heavy atom. The lowest BCUT2D eigenvalue weighted by atomic mass is 9.86. The van der Waals surface area contributed by atoms with Gasteiger partial charge in [-0.25, -0.2) is 4.98 Å². The molecule has 0 saturated carbocycles. The van der Waals surface area contributed by atoms with E-state index in [-0.39, 0.29) is 17.2 Å². The molecule has 1 atom stereocenters. The van der Waals surface area contributed by atoms with Crippen molar-refractivity contribution in [2.24, 2.45) is 5.92 Å². The number of benzene rings is 1. The molecule has 2 N–H and O–H groups in total. The molecule has 138 valence electrons. The van der Waals surface area contributed by atoms with Crippen molar-refractivity contribution in [3.63, 3.8) is 0 Å².